The Morgan fingerprint density at radius 1 is 1.25 bits per heavy atom. The Bertz CT molecular complexity index is 863. The van der Waals surface area contributed by atoms with Crippen molar-refractivity contribution in [2.45, 2.75) is 46.1 Å². The van der Waals surface area contributed by atoms with Gasteiger partial charge in [-0.05, 0) is 65.7 Å². The van der Waals surface area contributed by atoms with Gasteiger partial charge in [0.2, 0.25) is 5.91 Å². The van der Waals surface area contributed by atoms with Crippen LogP contribution >= 0.6 is 0 Å². The van der Waals surface area contributed by atoms with Crippen LogP contribution < -0.4 is 0 Å². The van der Waals surface area contributed by atoms with Gasteiger partial charge in [0.05, 0.1) is 5.69 Å². The van der Waals surface area contributed by atoms with E-state index in [0.717, 1.165) is 68.1 Å². The van der Waals surface area contributed by atoms with Crippen LogP contribution in [0.5, 0.6) is 0 Å². The number of piperidine rings is 1. The molecule has 2 aromatic rings. The molecular weight excluding hydrogens is 407 g/mol. The molecule has 1 saturated heterocycles. The molecule has 1 aliphatic heterocycles. The Morgan fingerprint density at radius 3 is 2.72 bits per heavy atom. The predicted molar refractivity (Wildman–Crippen MR) is 124 cm³/mol. The Kier molecular flexibility index (Phi) is 8.82. The van der Waals surface area contributed by atoms with Gasteiger partial charge < -0.3 is 14.3 Å². The molecule has 1 aromatic carbocycles. The fraction of sp³-hybridized carbons (Fsp3) is 0.600. The lowest BCUT2D eigenvalue weighted by Crippen LogP contribution is -2.44. The maximum atomic E-state index is 14.1. The van der Waals surface area contributed by atoms with Crippen LogP contribution in [-0.2, 0) is 17.8 Å². The predicted octanol–water partition coefficient (Wildman–Crippen LogP) is 3.67. The first kappa shape index (κ1) is 24.4. The second-order valence-corrected chi connectivity index (χ2v) is 9.28. The monoisotopic (exact) mass is 444 g/mol. The van der Waals surface area contributed by atoms with E-state index in [1.165, 1.54) is 6.07 Å². The molecule has 0 bridgehead atoms. The number of carbonyl (C=O) groups excluding carboxylic acids is 1. The topological polar surface area (TPSA) is 52.8 Å². The summed E-state index contributed by atoms with van der Waals surface area (Å²) < 4.78 is 19.3. The van der Waals surface area contributed by atoms with E-state index in [0.29, 0.717) is 25.3 Å². The van der Waals surface area contributed by atoms with E-state index in [1.54, 1.807) is 6.07 Å². The molecule has 2 heterocycles. The van der Waals surface area contributed by atoms with E-state index >= 15 is 0 Å². The Hall–Kier alpha value is -2.25. The smallest absolute Gasteiger partial charge is 0.222 e. The number of benzene rings is 1. The standard InChI is InChI=1S/C25H37FN4O2/c1-19-23(20(2)32-27-19)11-12-25(31)30(15-14-28(3)4)17-21-8-7-13-29(16-21)18-22-9-5-6-10-24(22)26/h5-6,9-10,21H,7-8,11-18H2,1-4H3. The SMILES string of the molecule is Cc1noc(C)c1CCC(=O)N(CCN(C)C)CC1CCCN(Cc2ccccc2F)C1. The third-order valence-corrected chi connectivity index (χ3v) is 6.37. The fourth-order valence-corrected chi connectivity index (χ4v) is 4.51. The molecule has 0 saturated carbocycles. The Balaban J connectivity index is 1.59. The quantitative estimate of drug-likeness (QED) is 0.560. The van der Waals surface area contributed by atoms with Crippen molar-refractivity contribution in [1.82, 2.24) is 19.9 Å². The lowest BCUT2D eigenvalue weighted by atomic mass is 9.96. The summed E-state index contributed by atoms with van der Waals surface area (Å²) in [4.78, 5) is 19.6. The molecule has 1 atom stereocenters. The zero-order valence-corrected chi connectivity index (χ0v) is 19.9. The minimum Gasteiger partial charge on any atom is -0.361 e. The van der Waals surface area contributed by atoms with Crippen LogP contribution in [0.1, 0.15) is 41.8 Å². The van der Waals surface area contributed by atoms with Crippen LogP contribution in [0.15, 0.2) is 28.8 Å². The first-order valence-electron chi connectivity index (χ1n) is 11.6. The van der Waals surface area contributed by atoms with Gasteiger partial charge in [0.25, 0.3) is 0 Å². The van der Waals surface area contributed by atoms with E-state index < -0.39 is 0 Å². The number of amides is 1. The second kappa shape index (κ2) is 11.6. The molecule has 1 aliphatic rings. The third kappa shape index (κ3) is 6.87. The van der Waals surface area contributed by atoms with Crippen LogP contribution in [0.3, 0.4) is 0 Å². The van der Waals surface area contributed by atoms with E-state index in [4.69, 9.17) is 4.52 Å². The van der Waals surface area contributed by atoms with Crippen LogP contribution in [-0.4, -0.2) is 72.6 Å². The summed E-state index contributed by atoms with van der Waals surface area (Å²) in [6.45, 7) is 8.62. The molecular formula is C25H37FN4O2. The number of likely N-dealkylation sites (tertiary alicyclic amines) is 1. The summed E-state index contributed by atoms with van der Waals surface area (Å²) in [7, 11) is 4.06. The van der Waals surface area contributed by atoms with Crippen LogP contribution in [0.25, 0.3) is 0 Å². The van der Waals surface area contributed by atoms with Gasteiger partial charge in [-0.1, -0.05) is 23.4 Å². The van der Waals surface area contributed by atoms with Crippen molar-refractivity contribution in [1.29, 1.82) is 0 Å². The minimum atomic E-state index is -0.142. The molecule has 3 rings (SSSR count). The summed E-state index contributed by atoms with van der Waals surface area (Å²) >= 11 is 0. The highest BCUT2D eigenvalue weighted by molar-refractivity contribution is 5.76. The second-order valence-electron chi connectivity index (χ2n) is 9.28. The number of nitrogens with zero attached hydrogens (tertiary/aromatic N) is 4. The summed E-state index contributed by atoms with van der Waals surface area (Å²) in [5.41, 5.74) is 2.65. The van der Waals surface area contributed by atoms with E-state index in [2.05, 4.69) is 15.0 Å². The van der Waals surface area contributed by atoms with Gasteiger partial charge in [0.1, 0.15) is 11.6 Å². The Labute approximate surface area is 191 Å². The van der Waals surface area contributed by atoms with Crippen molar-refractivity contribution in [3.63, 3.8) is 0 Å². The molecule has 1 fully saturated rings. The van der Waals surface area contributed by atoms with Gasteiger partial charge >= 0.3 is 0 Å². The summed E-state index contributed by atoms with van der Waals surface area (Å²) in [5.74, 6) is 1.24. The molecule has 0 N–H and O–H groups in total. The molecule has 176 valence electrons. The average Bonchev–Trinajstić information content (AvgIpc) is 3.08. The molecule has 6 nitrogen and oxygen atoms in total. The van der Waals surface area contributed by atoms with E-state index in [1.807, 2.05) is 45.0 Å². The molecule has 1 aromatic heterocycles. The van der Waals surface area contributed by atoms with Crippen molar-refractivity contribution in [2.75, 3.05) is 46.8 Å². The zero-order chi connectivity index (χ0) is 23.1. The largest absolute Gasteiger partial charge is 0.361 e. The summed E-state index contributed by atoms with van der Waals surface area (Å²) in [5, 5.41) is 4.00. The van der Waals surface area contributed by atoms with Crippen molar-refractivity contribution in [2.24, 2.45) is 5.92 Å². The van der Waals surface area contributed by atoms with Crippen LogP contribution in [0.2, 0.25) is 0 Å². The van der Waals surface area contributed by atoms with Crippen molar-refractivity contribution in [3.05, 3.63) is 52.7 Å². The lowest BCUT2D eigenvalue weighted by Gasteiger charge is -2.36. The third-order valence-electron chi connectivity index (χ3n) is 6.37. The molecule has 32 heavy (non-hydrogen) atoms. The van der Waals surface area contributed by atoms with Crippen molar-refractivity contribution in [3.8, 4) is 0 Å². The normalized spacial score (nSPS) is 17.1. The maximum absolute atomic E-state index is 14.1. The van der Waals surface area contributed by atoms with Gasteiger partial charge in [0.15, 0.2) is 0 Å². The average molecular weight is 445 g/mol. The van der Waals surface area contributed by atoms with Gasteiger partial charge in [-0.2, -0.15) is 0 Å². The molecule has 1 unspecified atom stereocenters. The van der Waals surface area contributed by atoms with E-state index in [-0.39, 0.29) is 11.7 Å². The number of aryl methyl sites for hydroxylation is 2. The number of likely N-dealkylation sites (N-methyl/N-ethyl adjacent to an activating group) is 1. The number of rotatable bonds is 10. The maximum Gasteiger partial charge on any atom is 0.222 e. The molecule has 0 spiro atoms. The highest BCUT2D eigenvalue weighted by Crippen LogP contribution is 2.22. The number of halogens is 1. The van der Waals surface area contributed by atoms with Gasteiger partial charge in [-0.25, -0.2) is 4.39 Å². The molecule has 0 aliphatic carbocycles. The first-order valence-corrected chi connectivity index (χ1v) is 11.6. The number of hydrogen-bond donors (Lipinski definition) is 0. The number of carbonyl (C=O) groups is 1. The van der Waals surface area contributed by atoms with Crippen LogP contribution in [0, 0.1) is 25.6 Å². The summed E-state index contributed by atoms with van der Waals surface area (Å²) in [6, 6.07) is 7.01. The highest BCUT2D eigenvalue weighted by atomic mass is 19.1. The lowest BCUT2D eigenvalue weighted by molar-refractivity contribution is -0.132. The molecule has 1 amide bonds. The molecule has 7 heteroatoms. The highest BCUT2D eigenvalue weighted by Gasteiger charge is 2.25. The van der Waals surface area contributed by atoms with Crippen molar-refractivity contribution >= 4 is 5.91 Å². The fourth-order valence-electron chi connectivity index (χ4n) is 4.51. The minimum absolute atomic E-state index is 0.142. The van der Waals surface area contributed by atoms with E-state index in [9.17, 15) is 9.18 Å². The van der Waals surface area contributed by atoms with Gasteiger partial charge in [-0.3, -0.25) is 9.69 Å². The van der Waals surface area contributed by atoms with Crippen molar-refractivity contribution < 1.29 is 13.7 Å². The van der Waals surface area contributed by atoms with Gasteiger partial charge in [0, 0.05) is 50.3 Å². The zero-order valence-electron chi connectivity index (χ0n) is 19.9. The first-order chi connectivity index (χ1) is 15.3. The number of aromatic nitrogens is 1. The Morgan fingerprint density at radius 2 is 2.03 bits per heavy atom. The number of hydrogen-bond acceptors (Lipinski definition) is 5. The summed E-state index contributed by atoms with van der Waals surface area (Å²) in [6.07, 6.45) is 3.29. The molecule has 0 radical (unpaired) electrons. The van der Waals surface area contributed by atoms with Gasteiger partial charge in [-0.15, -0.1) is 0 Å². The van der Waals surface area contributed by atoms with Crippen LogP contribution in [0.4, 0.5) is 4.39 Å².